The monoisotopic (exact) mass is 244 g/mol. The van der Waals surface area contributed by atoms with Crippen LogP contribution >= 0.6 is 0 Å². The second-order valence-electron chi connectivity index (χ2n) is 4.09. The van der Waals surface area contributed by atoms with Crippen LogP contribution < -0.4 is 11.1 Å². The predicted octanol–water partition coefficient (Wildman–Crippen LogP) is 1.82. The lowest BCUT2D eigenvalue weighted by molar-refractivity contribution is 0.102. The van der Waals surface area contributed by atoms with E-state index in [0.29, 0.717) is 11.3 Å². The molecule has 1 aromatic carbocycles. The van der Waals surface area contributed by atoms with Crippen LogP contribution in [0.4, 0.5) is 11.4 Å². The zero-order chi connectivity index (χ0) is 13.1. The molecular formula is C13H16N4O. The van der Waals surface area contributed by atoms with Gasteiger partial charge in [-0.1, -0.05) is 6.92 Å². The van der Waals surface area contributed by atoms with E-state index in [-0.39, 0.29) is 5.91 Å². The van der Waals surface area contributed by atoms with Gasteiger partial charge < -0.3 is 11.1 Å². The van der Waals surface area contributed by atoms with Gasteiger partial charge in [0.15, 0.2) is 0 Å². The highest BCUT2D eigenvalue weighted by atomic mass is 16.1. The second-order valence-corrected chi connectivity index (χ2v) is 4.09. The van der Waals surface area contributed by atoms with Crippen molar-refractivity contribution in [3.63, 3.8) is 0 Å². The summed E-state index contributed by atoms with van der Waals surface area (Å²) >= 11 is 0. The Bertz CT molecular complexity index is 557. The van der Waals surface area contributed by atoms with Crippen LogP contribution in [0.15, 0.2) is 30.5 Å². The van der Waals surface area contributed by atoms with Crippen molar-refractivity contribution in [1.82, 2.24) is 9.78 Å². The normalized spacial score (nSPS) is 10.3. The number of carbonyl (C=O) groups excluding carboxylic acids is 1. The fraction of sp³-hybridized carbons (Fsp3) is 0.231. The number of hydrogen-bond donors (Lipinski definition) is 2. The fourth-order valence-electron chi connectivity index (χ4n) is 1.75. The van der Waals surface area contributed by atoms with E-state index in [1.807, 2.05) is 6.92 Å². The first-order valence-electron chi connectivity index (χ1n) is 5.79. The first-order valence-corrected chi connectivity index (χ1v) is 5.79. The van der Waals surface area contributed by atoms with Gasteiger partial charge in [-0.25, -0.2) is 0 Å². The van der Waals surface area contributed by atoms with Crippen molar-refractivity contribution in [3.8, 4) is 0 Å². The third-order valence-corrected chi connectivity index (χ3v) is 2.65. The van der Waals surface area contributed by atoms with E-state index >= 15 is 0 Å². The maximum absolute atomic E-state index is 12.1. The summed E-state index contributed by atoms with van der Waals surface area (Å²) in [6.07, 6.45) is 2.46. The van der Waals surface area contributed by atoms with Gasteiger partial charge in [0.25, 0.3) is 5.91 Å². The minimum Gasteiger partial charge on any atom is -0.399 e. The summed E-state index contributed by atoms with van der Waals surface area (Å²) in [6.45, 7) is 1.97. The van der Waals surface area contributed by atoms with Crippen LogP contribution in [0, 0.1) is 0 Å². The van der Waals surface area contributed by atoms with Gasteiger partial charge in [-0.2, -0.15) is 5.10 Å². The minimum absolute atomic E-state index is 0.148. The maximum atomic E-state index is 12.1. The van der Waals surface area contributed by atoms with Crippen molar-refractivity contribution in [2.24, 2.45) is 7.05 Å². The summed E-state index contributed by atoms with van der Waals surface area (Å²) < 4.78 is 1.65. The van der Waals surface area contributed by atoms with Crippen molar-refractivity contribution >= 4 is 17.3 Å². The van der Waals surface area contributed by atoms with Crippen molar-refractivity contribution in [3.05, 3.63) is 41.7 Å². The lowest BCUT2D eigenvalue weighted by Crippen LogP contribution is -2.13. The lowest BCUT2D eigenvalue weighted by Gasteiger charge is -2.04. The Kier molecular flexibility index (Phi) is 3.32. The number of aromatic nitrogens is 2. The second kappa shape index (κ2) is 4.91. The topological polar surface area (TPSA) is 72.9 Å². The van der Waals surface area contributed by atoms with E-state index in [9.17, 15) is 4.79 Å². The number of benzene rings is 1. The summed E-state index contributed by atoms with van der Waals surface area (Å²) in [5, 5.41) is 7.07. The van der Waals surface area contributed by atoms with E-state index in [0.717, 1.165) is 17.8 Å². The van der Waals surface area contributed by atoms with Crippen molar-refractivity contribution in [2.45, 2.75) is 13.3 Å². The molecule has 2 rings (SSSR count). The number of nitrogens with one attached hydrogen (secondary N) is 1. The van der Waals surface area contributed by atoms with E-state index in [4.69, 9.17) is 5.73 Å². The molecule has 1 heterocycles. The first-order chi connectivity index (χ1) is 8.60. The van der Waals surface area contributed by atoms with Crippen LogP contribution in [0.3, 0.4) is 0 Å². The Labute approximate surface area is 106 Å². The van der Waals surface area contributed by atoms with Crippen molar-refractivity contribution < 1.29 is 4.79 Å². The number of carbonyl (C=O) groups is 1. The number of anilines is 2. The van der Waals surface area contributed by atoms with Gasteiger partial charge in [0.2, 0.25) is 0 Å². The quantitative estimate of drug-likeness (QED) is 0.809. The molecule has 0 aliphatic rings. The Hall–Kier alpha value is -2.30. The highest BCUT2D eigenvalue weighted by Crippen LogP contribution is 2.14. The van der Waals surface area contributed by atoms with Crippen LogP contribution in [0.25, 0.3) is 0 Å². The molecule has 0 aliphatic carbocycles. The SMILES string of the molecule is CCc1nn(C)cc1C(=O)Nc1ccc(N)cc1. The molecule has 0 bridgehead atoms. The number of nitrogens with zero attached hydrogens (tertiary/aromatic N) is 2. The van der Waals surface area contributed by atoms with Gasteiger partial charge in [-0.3, -0.25) is 9.48 Å². The average molecular weight is 244 g/mol. The maximum Gasteiger partial charge on any atom is 0.259 e. The van der Waals surface area contributed by atoms with E-state index in [1.165, 1.54) is 0 Å². The number of amides is 1. The molecule has 0 atom stereocenters. The molecule has 0 aliphatic heterocycles. The first kappa shape index (κ1) is 12.2. The number of nitrogens with two attached hydrogens (primary N) is 1. The Morgan fingerprint density at radius 2 is 2.06 bits per heavy atom. The van der Waals surface area contributed by atoms with Gasteiger partial charge in [0.05, 0.1) is 11.3 Å². The predicted molar refractivity (Wildman–Crippen MR) is 71.4 cm³/mol. The molecule has 0 saturated heterocycles. The Balaban J connectivity index is 2.19. The highest BCUT2D eigenvalue weighted by molar-refractivity contribution is 6.04. The molecule has 2 aromatic rings. The van der Waals surface area contributed by atoms with Gasteiger partial charge in [-0.05, 0) is 30.7 Å². The molecule has 18 heavy (non-hydrogen) atoms. The molecule has 0 radical (unpaired) electrons. The van der Waals surface area contributed by atoms with Crippen LogP contribution in [0.2, 0.25) is 0 Å². The Morgan fingerprint density at radius 1 is 1.39 bits per heavy atom. The summed E-state index contributed by atoms with van der Waals surface area (Å²) in [5.41, 5.74) is 8.39. The molecule has 5 nitrogen and oxygen atoms in total. The van der Waals surface area contributed by atoms with Gasteiger partial charge in [0, 0.05) is 24.6 Å². The number of rotatable bonds is 3. The average Bonchev–Trinajstić information content (AvgIpc) is 2.73. The molecule has 94 valence electrons. The standard InChI is InChI=1S/C13H16N4O/c1-3-12-11(8-17(2)16-12)13(18)15-10-6-4-9(14)5-7-10/h4-8H,3,14H2,1-2H3,(H,15,18). The van der Waals surface area contributed by atoms with E-state index < -0.39 is 0 Å². The summed E-state index contributed by atoms with van der Waals surface area (Å²) in [5.74, 6) is -0.148. The van der Waals surface area contributed by atoms with Crippen LogP contribution in [-0.4, -0.2) is 15.7 Å². The summed E-state index contributed by atoms with van der Waals surface area (Å²) in [7, 11) is 1.80. The minimum atomic E-state index is -0.148. The van der Waals surface area contributed by atoms with E-state index in [2.05, 4.69) is 10.4 Å². The molecule has 5 heteroatoms. The smallest absolute Gasteiger partial charge is 0.259 e. The van der Waals surface area contributed by atoms with E-state index in [1.54, 1.807) is 42.2 Å². The largest absolute Gasteiger partial charge is 0.399 e. The third kappa shape index (κ3) is 2.51. The molecule has 0 fully saturated rings. The summed E-state index contributed by atoms with van der Waals surface area (Å²) in [4.78, 5) is 12.1. The van der Waals surface area contributed by atoms with Crippen LogP contribution in [-0.2, 0) is 13.5 Å². The van der Waals surface area contributed by atoms with Crippen molar-refractivity contribution in [1.29, 1.82) is 0 Å². The third-order valence-electron chi connectivity index (χ3n) is 2.65. The van der Waals surface area contributed by atoms with Gasteiger partial charge in [-0.15, -0.1) is 0 Å². The van der Waals surface area contributed by atoms with Gasteiger partial charge >= 0.3 is 0 Å². The van der Waals surface area contributed by atoms with Crippen LogP contribution in [0.5, 0.6) is 0 Å². The van der Waals surface area contributed by atoms with Crippen LogP contribution in [0.1, 0.15) is 23.0 Å². The molecule has 0 unspecified atom stereocenters. The Morgan fingerprint density at radius 3 is 2.67 bits per heavy atom. The number of aryl methyl sites for hydroxylation is 2. The molecule has 1 aromatic heterocycles. The molecular weight excluding hydrogens is 228 g/mol. The van der Waals surface area contributed by atoms with Crippen molar-refractivity contribution in [2.75, 3.05) is 11.1 Å². The summed E-state index contributed by atoms with van der Waals surface area (Å²) in [6, 6.07) is 7.05. The fourth-order valence-corrected chi connectivity index (χ4v) is 1.75. The zero-order valence-electron chi connectivity index (χ0n) is 10.5. The highest BCUT2D eigenvalue weighted by Gasteiger charge is 2.14. The molecule has 0 spiro atoms. The molecule has 1 amide bonds. The number of hydrogen-bond acceptors (Lipinski definition) is 3. The molecule has 3 N–H and O–H groups in total. The number of nitrogen functional groups attached to an aromatic ring is 1. The molecule has 0 saturated carbocycles. The lowest BCUT2D eigenvalue weighted by atomic mass is 10.2. The van der Waals surface area contributed by atoms with Gasteiger partial charge in [0.1, 0.15) is 0 Å². The zero-order valence-corrected chi connectivity index (χ0v) is 10.5.